The lowest BCUT2D eigenvalue weighted by atomic mass is 10.1. The summed E-state index contributed by atoms with van der Waals surface area (Å²) in [4.78, 5) is 22.0. The molecule has 104 valence electrons. The number of rotatable bonds is 6. The third-order valence-electron chi connectivity index (χ3n) is 2.84. The summed E-state index contributed by atoms with van der Waals surface area (Å²) in [6.07, 6.45) is 1.85. The summed E-state index contributed by atoms with van der Waals surface area (Å²) in [7, 11) is 0. The first-order chi connectivity index (χ1) is 8.91. The average Bonchev–Trinajstić information content (AvgIpc) is 2.31. The van der Waals surface area contributed by atoms with E-state index in [2.05, 4.69) is 5.32 Å². The number of carbonyl (C=O) groups is 1. The minimum Gasteiger partial charge on any atom is -0.328 e. The fourth-order valence-corrected chi connectivity index (χ4v) is 1.75. The highest BCUT2D eigenvalue weighted by Crippen LogP contribution is 2.25. The predicted octanol–water partition coefficient (Wildman–Crippen LogP) is 2.36. The number of nitrogens with zero attached hydrogens (tertiary/aromatic N) is 1. The number of nitrogens with one attached hydrogen (secondary N) is 1. The summed E-state index contributed by atoms with van der Waals surface area (Å²) in [6, 6.07) is 4.71. The van der Waals surface area contributed by atoms with Gasteiger partial charge in [-0.1, -0.05) is 6.07 Å². The smallest absolute Gasteiger partial charge is 0.274 e. The molecule has 0 radical (unpaired) electrons. The molecule has 0 aromatic heterocycles. The summed E-state index contributed by atoms with van der Waals surface area (Å²) in [5.74, 6) is -0.149. The van der Waals surface area contributed by atoms with Crippen LogP contribution in [0.4, 0.5) is 11.4 Å². The van der Waals surface area contributed by atoms with E-state index in [9.17, 15) is 14.9 Å². The number of carbonyl (C=O) groups excluding carboxylic acids is 1. The number of hydrogen-bond acceptors (Lipinski definition) is 4. The fourth-order valence-electron chi connectivity index (χ4n) is 1.75. The molecule has 3 N–H and O–H groups in total. The molecule has 19 heavy (non-hydrogen) atoms. The molecule has 0 fully saturated rings. The van der Waals surface area contributed by atoms with E-state index in [0.29, 0.717) is 24.1 Å². The molecule has 0 aliphatic rings. The zero-order chi connectivity index (χ0) is 14.4. The Kier molecular flexibility index (Phi) is 5.44. The van der Waals surface area contributed by atoms with Crippen LogP contribution in [0.3, 0.4) is 0 Å². The molecule has 6 heteroatoms. The highest BCUT2D eigenvalue weighted by Gasteiger charge is 2.14. The number of hydrogen-bond donors (Lipinski definition) is 2. The van der Waals surface area contributed by atoms with Crippen molar-refractivity contribution in [1.82, 2.24) is 0 Å². The van der Waals surface area contributed by atoms with Crippen molar-refractivity contribution in [2.45, 2.75) is 39.2 Å². The molecule has 0 heterocycles. The Labute approximate surface area is 112 Å². The fraction of sp³-hybridized carbons (Fsp3) is 0.462. The lowest BCUT2D eigenvalue weighted by Gasteiger charge is -2.09. The van der Waals surface area contributed by atoms with Gasteiger partial charge in [0.2, 0.25) is 5.91 Å². The predicted molar refractivity (Wildman–Crippen MR) is 74.0 cm³/mol. The monoisotopic (exact) mass is 265 g/mol. The average molecular weight is 265 g/mol. The molecule has 1 unspecified atom stereocenters. The Morgan fingerprint density at radius 1 is 1.53 bits per heavy atom. The van der Waals surface area contributed by atoms with Gasteiger partial charge in [0.15, 0.2) is 0 Å². The Bertz CT molecular complexity index is 472. The van der Waals surface area contributed by atoms with Gasteiger partial charge >= 0.3 is 0 Å². The van der Waals surface area contributed by atoms with Crippen LogP contribution in [0.25, 0.3) is 0 Å². The summed E-state index contributed by atoms with van der Waals surface area (Å²) in [6.45, 7) is 3.51. The summed E-state index contributed by atoms with van der Waals surface area (Å²) >= 11 is 0. The van der Waals surface area contributed by atoms with Gasteiger partial charge < -0.3 is 11.1 Å². The van der Waals surface area contributed by atoms with E-state index in [1.807, 2.05) is 6.92 Å². The van der Waals surface area contributed by atoms with Crippen molar-refractivity contribution in [1.29, 1.82) is 0 Å². The van der Waals surface area contributed by atoms with Crippen LogP contribution in [0.2, 0.25) is 0 Å². The van der Waals surface area contributed by atoms with Gasteiger partial charge in [-0.3, -0.25) is 14.9 Å². The van der Waals surface area contributed by atoms with Crippen LogP contribution < -0.4 is 11.1 Å². The van der Waals surface area contributed by atoms with Gasteiger partial charge in [-0.15, -0.1) is 0 Å². The maximum Gasteiger partial charge on any atom is 0.274 e. The molecule has 1 amide bonds. The number of nitrogens with two attached hydrogens (primary N) is 1. The molecule has 0 saturated carbocycles. The van der Waals surface area contributed by atoms with Gasteiger partial charge in [0.25, 0.3) is 5.69 Å². The Morgan fingerprint density at radius 3 is 2.79 bits per heavy atom. The van der Waals surface area contributed by atoms with E-state index in [-0.39, 0.29) is 17.6 Å². The van der Waals surface area contributed by atoms with E-state index in [4.69, 9.17) is 5.73 Å². The summed E-state index contributed by atoms with van der Waals surface area (Å²) < 4.78 is 0. The van der Waals surface area contributed by atoms with Crippen LogP contribution in [-0.4, -0.2) is 16.9 Å². The van der Waals surface area contributed by atoms with Gasteiger partial charge in [-0.2, -0.15) is 0 Å². The van der Waals surface area contributed by atoms with Gasteiger partial charge in [0, 0.05) is 18.5 Å². The molecule has 0 spiro atoms. The number of anilines is 1. The highest BCUT2D eigenvalue weighted by atomic mass is 16.6. The molecule has 6 nitrogen and oxygen atoms in total. The zero-order valence-corrected chi connectivity index (χ0v) is 11.2. The second kappa shape index (κ2) is 6.84. The van der Waals surface area contributed by atoms with E-state index in [1.165, 1.54) is 6.07 Å². The molecule has 1 aromatic carbocycles. The van der Waals surface area contributed by atoms with Crippen LogP contribution in [0.5, 0.6) is 0 Å². The van der Waals surface area contributed by atoms with Crippen LogP contribution in [-0.2, 0) is 4.79 Å². The summed E-state index contributed by atoms with van der Waals surface area (Å²) in [5, 5.41) is 13.5. The molecular formula is C13H19N3O3. The van der Waals surface area contributed by atoms with Crippen molar-refractivity contribution in [3.05, 3.63) is 33.9 Å². The SMILES string of the molecule is Cc1c(NC(=O)CCCC(C)N)cccc1[N+](=O)[O-]. The van der Waals surface area contributed by atoms with Crippen molar-refractivity contribution in [3.63, 3.8) is 0 Å². The van der Waals surface area contributed by atoms with Crippen LogP contribution in [0, 0.1) is 17.0 Å². The molecule has 1 aromatic rings. The van der Waals surface area contributed by atoms with Crippen molar-refractivity contribution in [2.24, 2.45) is 5.73 Å². The second-order valence-corrected chi connectivity index (χ2v) is 4.62. The lowest BCUT2D eigenvalue weighted by molar-refractivity contribution is -0.385. The third kappa shape index (κ3) is 4.67. The third-order valence-corrected chi connectivity index (χ3v) is 2.84. The first-order valence-electron chi connectivity index (χ1n) is 6.21. The topological polar surface area (TPSA) is 98.3 Å². The molecule has 0 bridgehead atoms. The van der Waals surface area contributed by atoms with Gasteiger partial charge in [0.1, 0.15) is 0 Å². The van der Waals surface area contributed by atoms with E-state index >= 15 is 0 Å². The maximum absolute atomic E-state index is 11.7. The van der Waals surface area contributed by atoms with E-state index < -0.39 is 4.92 Å². The summed E-state index contributed by atoms with van der Waals surface area (Å²) in [5.41, 5.74) is 6.56. The quantitative estimate of drug-likeness (QED) is 0.609. The second-order valence-electron chi connectivity index (χ2n) is 4.62. The Balaban J connectivity index is 2.64. The number of nitro benzene ring substituents is 1. The lowest BCUT2D eigenvalue weighted by Crippen LogP contribution is -2.17. The minimum absolute atomic E-state index is 0.00776. The first-order valence-corrected chi connectivity index (χ1v) is 6.21. The first kappa shape index (κ1) is 15.1. The molecular weight excluding hydrogens is 246 g/mol. The van der Waals surface area contributed by atoms with E-state index in [0.717, 1.165) is 6.42 Å². The highest BCUT2D eigenvalue weighted by molar-refractivity contribution is 5.92. The molecule has 0 aliphatic heterocycles. The number of nitro groups is 1. The van der Waals surface area contributed by atoms with Crippen LogP contribution in [0.1, 0.15) is 31.7 Å². The standard InChI is InChI=1S/C13H19N3O3/c1-9(14)5-3-8-13(17)15-11-6-4-7-12(10(11)2)16(18)19/h4,6-7,9H,3,5,8,14H2,1-2H3,(H,15,17). The van der Waals surface area contributed by atoms with Gasteiger partial charge in [0.05, 0.1) is 16.2 Å². The Morgan fingerprint density at radius 2 is 2.21 bits per heavy atom. The van der Waals surface area contributed by atoms with Gasteiger partial charge in [-0.05, 0) is 32.8 Å². The molecule has 0 saturated heterocycles. The van der Waals surface area contributed by atoms with Crippen molar-refractivity contribution >= 4 is 17.3 Å². The normalized spacial score (nSPS) is 11.9. The van der Waals surface area contributed by atoms with E-state index in [1.54, 1.807) is 19.1 Å². The largest absolute Gasteiger partial charge is 0.328 e. The minimum atomic E-state index is -0.457. The Hall–Kier alpha value is -1.95. The molecule has 1 rings (SSSR count). The molecule has 1 atom stereocenters. The van der Waals surface area contributed by atoms with Crippen molar-refractivity contribution in [2.75, 3.05) is 5.32 Å². The zero-order valence-electron chi connectivity index (χ0n) is 11.2. The van der Waals surface area contributed by atoms with Crippen molar-refractivity contribution in [3.8, 4) is 0 Å². The maximum atomic E-state index is 11.7. The van der Waals surface area contributed by atoms with Crippen LogP contribution >= 0.6 is 0 Å². The number of benzene rings is 1. The number of amides is 1. The van der Waals surface area contributed by atoms with Crippen LogP contribution in [0.15, 0.2) is 18.2 Å². The molecule has 0 aliphatic carbocycles. The van der Waals surface area contributed by atoms with Gasteiger partial charge in [-0.25, -0.2) is 0 Å². The van der Waals surface area contributed by atoms with Crippen molar-refractivity contribution < 1.29 is 9.72 Å².